The fourth-order valence-corrected chi connectivity index (χ4v) is 1.84. The average Bonchev–Trinajstić information content (AvgIpc) is 2.85. The Morgan fingerprint density at radius 2 is 2.31 bits per heavy atom. The first-order valence-electron chi connectivity index (χ1n) is 5.63. The Hall–Kier alpha value is -1.39. The summed E-state index contributed by atoms with van der Waals surface area (Å²) < 4.78 is 1.83. The van der Waals surface area contributed by atoms with Crippen LogP contribution in [0, 0.1) is 11.3 Å². The number of nitrogens with zero attached hydrogens (tertiary/aromatic N) is 3. The molecule has 5 nitrogen and oxygen atoms in total. The number of aromatic nitrogens is 3. The van der Waals surface area contributed by atoms with Crippen LogP contribution in [-0.2, 0) is 17.8 Å². The van der Waals surface area contributed by atoms with Gasteiger partial charge in [-0.25, -0.2) is 9.67 Å². The Morgan fingerprint density at radius 1 is 1.62 bits per heavy atom. The van der Waals surface area contributed by atoms with Gasteiger partial charge >= 0.3 is 5.97 Å². The Kier molecular flexibility index (Phi) is 2.69. The van der Waals surface area contributed by atoms with Gasteiger partial charge in [0.05, 0.1) is 5.41 Å². The predicted molar refractivity (Wildman–Crippen MR) is 57.9 cm³/mol. The first-order valence-corrected chi connectivity index (χ1v) is 5.63. The van der Waals surface area contributed by atoms with Gasteiger partial charge in [-0.15, -0.1) is 0 Å². The van der Waals surface area contributed by atoms with Crippen LogP contribution in [0.4, 0.5) is 0 Å². The zero-order valence-electron chi connectivity index (χ0n) is 9.68. The second-order valence-electron chi connectivity index (χ2n) is 5.01. The molecule has 1 aliphatic carbocycles. The van der Waals surface area contributed by atoms with E-state index in [0.717, 1.165) is 25.2 Å². The fraction of sp³-hybridized carbons (Fsp3) is 0.727. The smallest absolute Gasteiger partial charge is 0.310 e. The van der Waals surface area contributed by atoms with E-state index in [-0.39, 0.29) is 0 Å². The SMILES string of the molecule is CC(C)Cn1ncnc1CC1(C(=O)O)CC1. The van der Waals surface area contributed by atoms with E-state index in [0.29, 0.717) is 12.3 Å². The lowest BCUT2D eigenvalue weighted by molar-refractivity contribution is -0.143. The van der Waals surface area contributed by atoms with Gasteiger partial charge in [0.1, 0.15) is 12.2 Å². The molecule has 0 saturated heterocycles. The second-order valence-corrected chi connectivity index (χ2v) is 5.01. The molecule has 0 bridgehead atoms. The van der Waals surface area contributed by atoms with Gasteiger partial charge in [0, 0.05) is 13.0 Å². The summed E-state index contributed by atoms with van der Waals surface area (Å²) in [7, 11) is 0. The predicted octanol–water partition coefficient (Wildman–Crippen LogP) is 1.34. The van der Waals surface area contributed by atoms with Crippen LogP contribution in [0.1, 0.15) is 32.5 Å². The van der Waals surface area contributed by atoms with Crippen molar-refractivity contribution in [2.75, 3.05) is 0 Å². The largest absolute Gasteiger partial charge is 0.481 e. The van der Waals surface area contributed by atoms with Gasteiger partial charge in [0.15, 0.2) is 0 Å². The van der Waals surface area contributed by atoms with Crippen LogP contribution in [0.25, 0.3) is 0 Å². The lowest BCUT2D eigenvalue weighted by Gasteiger charge is -2.11. The first kappa shape index (κ1) is 11.1. The minimum atomic E-state index is -0.702. The summed E-state index contributed by atoms with van der Waals surface area (Å²) in [6, 6.07) is 0. The molecule has 0 atom stereocenters. The van der Waals surface area contributed by atoms with Crippen molar-refractivity contribution in [3.05, 3.63) is 12.2 Å². The van der Waals surface area contributed by atoms with Crippen molar-refractivity contribution < 1.29 is 9.90 Å². The molecule has 1 heterocycles. The summed E-state index contributed by atoms with van der Waals surface area (Å²) in [6.07, 6.45) is 3.54. The number of carbonyl (C=O) groups is 1. The van der Waals surface area contributed by atoms with Crippen molar-refractivity contribution in [1.82, 2.24) is 14.8 Å². The number of hydrogen-bond donors (Lipinski definition) is 1. The lowest BCUT2D eigenvalue weighted by atomic mass is 10.0. The van der Waals surface area contributed by atoms with Gasteiger partial charge in [-0.3, -0.25) is 4.79 Å². The standard InChI is InChI=1S/C11H17N3O2/c1-8(2)6-14-9(12-7-13-14)5-11(3-4-11)10(15)16/h7-8H,3-6H2,1-2H3,(H,15,16). The van der Waals surface area contributed by atoms with Crippen molar-refractivity contribution in [2.24, 2.45) is 11.3 Å². The number of carboxylic acids is 1. The van der Waals surface area contributed by atoms with Crippen molar-refractivity contribution in [3.63, 3.8) is 0 Å². The molecule has 0 amide bonds. The van der Waals surface area contributed by atoms with Crippen molar-refractivity contribution in [1.29, 1.82) is 0 Å². The van der Waals surface area contributed by atoms with Crippen LogP contribution in [0.3, 0.4) is 0 Å². The molecule has 0 unspecified atom stereocenters. The Morgan fingerprint density at radius 3 is 2.81 bits per heavy atom. The molecule has 88 valence electrons. The number of aliphatic carboxylic acids is 1. The van der Waals surface area contributed by atoms with E-state index in [1.165, 1.54) is 6.33 Å². The van der Waals surface area contributed by atoms with Gasteiger partial charge in [-0.1, -0.05) is 13.8 Å². The Bertz CT molecular complexity index is 394. The number of rotatable bonds is 5. The molecule has 0 aliphatic heterocycles. The van der Waals surface area contributed by atoms with Gasteiger partial charge in [0.25, 0.3) is 0 Å². The molecular weight excluding hydrogens is 206 g/mol. The van der Waals surface area contributed by atoms with Crippen LogP contribution in [0.5, 0.6) is 0 Å². The maximum absolute atomic E-state index is 11.1. The van der Waals surface area contributed by atoms with Crippen molar-refractivity contribution in [2.45, 2.75) is 39.7 Å². The molecule has 2 rings (SSSR count). The molecule has 0 radical (unpaired) electrons. The maximum Gasteiger partial charge on any atom is 0.310 e. The highest BCUT2D eigenvalue weighted by molar-refractivity contribution is 5.78. The van der Waals surface area contributed by atoms with Gasteiger partial charge < -0.3 is 5.11 Å². The summed E-state index contributed by atoms with van der Waals surface area (Å²) in [5.74, 6) is 0.584. The third-order valence-corrected chi connectivity index (χ3v) is 3.04. The summed E-state index contributed by atoms with van der Waals surface area (Å²) in [5.41, 5.74) is -0.554. The third kappa shape index (κ3) is 2.08. The highest BCUT2D eigenvalue weighted by Crippen LogP contribution is 2.48. The molecule has 1 fully saturated rings. The minimum absolute atomic E-state index is 0.487. The summed E-state index contributed by atoms with van der Waals surface area (Å²) in [5, 5.41) is 13.3. The van der Waals surface area contributed by atoms with Crippen LogP contribution >= 0.6 is 0 Å². The highest BCUT2D eigenvalue weighted by atomic mass is 16.4. The lowest BCUT2D eigenvalue weighted by Crippen LogP contribution is -2.21. The fourth-order valence-electron chi connectivity index (χ4n) is 1.84. The normalized spacial score (nSPS) is 17.7. The molecule has 1 aromatic heterocycles. The molecule has 1 aliphatic rings. The summed E-state index contributed by atoms with van der Waals surface area (Å²) in [4.78, 5) is 15.3. The molecule has 0 spiro atoms. The summed E-state index contributed by atoms with van der Waals surface area (Å²) >= 11 is 0. The van der Waals surface area contributed by atoms with Crippen LogP contribution in [-0.4, -0.2) is 25.8 Å². The molecule has 1 N–H and O–H groups in total. The Labute approximate surface area is 94.5 Å². The third-order valence-electron chi connectivity index (χ3n) is 3.04. The van der Waals surface area contributed by atoms with Crippen molar-refractivity contribution in [3.8, 4) is 0 Å². The van der Waals surface area contributed by atoms with E-state index in [1.54, 1.807) is 0 Å². The molecular formula is C11H17N3O2. The van der Waals surface area contributed by atoms with Crippen LogP contribution in [0.15, 0.2) is 6.33 Å². The molecule has 16 heavy (non-hydrogen) atoms. The molecule has 1 saturated carbocycles. The van der Waals surface area contributed by atoms with Crippen molar-refractivity contribution >= 4 is 5.97 Å². The molecule has 0 aromatic carbocycles. The van der Waals surface area contributed by atoms with Gasteiger partial charge in [-0.2, -0.15) is 5.10 Å². The van der Waals surface area contributed by atoms with E-state index in [9.17, 15) is 4.79 Å². The monoisotopic (exact) mass is 223 g/mol. The second kappa shape index (κ2) is 3.88. The maximum atomic E-state index is 11.1. The highest BCUT2D eigenvalue weighted by Gasteiger charge is 2.51. The number of hydrogen-bond acceptors (Lipinski definition) is 3. The molecule has 1 aromatic rings. The zero-order chi connectivity index (χ0) is 11.8. The van der Waals surface area contributed by atoms with E-state index >= 15 is 0 Å². The Balaban J connectivity index is 2.10. The molecule has 5 heteroatoms. The van der Waals surface area contributed by atoms with Crippen LogP contribution < -0.4 is 0 Å². The van der Waals surface area contributed by atoms with E-state index in [4.69, 9.17) is 5.11 Å². The average molecular weight is 223 g/mol. The van der Waals surface area contributed by atoms with E-state index in [2.05, 4.69) is 23.9 Å². The minimum Gasteiger partial charge on any atom is -0.481 e. The van der Waals surface area contributed by atoms with Gasteiger partial charge in [-0.05, 0) is 18.8 Å². The van der Waals surface area contributed by atoms with Gasteiger partial charge in [0.2, 0.25) is 0 Å². The van der Waals surface area contributed by atoms with Crippen LogP contribution in [0.2, 0.25) is 0 Å². The summed E-state index contributed by atoms with van der Waals surface area (Å²) in [6.45, 7) is 5.01. The van der Waals surface area contributed by atoms with E-state index < -0.39 is 11.4 Å². The first-order chi connectivity index (χ1) is 7.53. The van der Waals surface area contributed by atoms with E-state index in [1.807, 2.05) is 4.68 Å². The topological polar surface area (TPSA) is 68.0 Å². The quantitative estimate of drug-likeness (QED) is 0.818. The number of carboxylic acid groups (broad SMARTS) is 1. The zero-order valence-corrected chi connectivity index (χ0v) is 9.68.